The van der Waals surface area contributed by atoms with Crippen molar-refractivity contribution in [1.29, 1.82) is 0 Å². The van der Waals surface area contributed by atoms with E-state index in [9.17, 15) is 9.59 Å². The van der Waals surface area contributed by atoms with Crippen molar-refractivity contribution < 1.29 is 14.7 Å². The number of hydrogen-bond donors (Lipinski definition) is 2. The molecule has 4 nitrogen and oxygen atoms in total. The molecule has 0 saturated carbocycles. The van der Waals surface area contributed by atoms with Gasteiger partial charge in [0.1, 0.15) is 0 Å². The summed E-state index contributed by atoms with van der Waals surface area (Å²) < 4.78 is 1.09. The summed E-state index contributed by atoms with van der Waals surface area (Å²) in [7, 11) is 0. The number of aliphatic carboxylic acids is 1. The molecule has 0 radical (unpaired) electrons. The van der Waals surface area contributed by atoms with E-state index in [0.717, 1.165) is 10.1 Å². The van der Waals surface area contributed by atoms with Crippen molar-refractivity contribution in [2.24, 2.45) is 0 Å². The van der Waals surface area contributed by atoms with E-state index in [1.54, 1.807) is 0 Å². The van der Waals surface area contributed by atoms with Crippen LogP contribution in [-0.2, 0) is 4.79 Å². The van der Waals surface area contributed by atoms with E-state index in [2.05, 4.69) is 5.32 Å². The Morgan fingerprint density at radius 3 is 2.80 bits per heavy atom. The molecule has 1 atom stereocenters. The number of carbonyl (C=O) groups is 2. The summed E-state index contributed by atoms with van der Waals surface area (Å²) in [4.78, 5) is 23.2. The number of carbonyl (C=O) groups excluding carboxylic acids is 1. The fourth-order valence-corrected chi connectivity index (χ4v) is 2.99. The molecule has 0 saturated heterocycles. The van der Waals surface area contributed by atoms with Crippen molar-refractivity contribution in [3.05, 3.63) is 35.2 Å². The maximum atomic E-state index is 12.1. The van der Waals surface area contributed by atoms with Crippen LogP contribution in [0, 0.1) is 0 Å². The molecule has 1 amide bonds. The van der Waals surface area contributed by atoms with Crippen LogP contribution in [0.15, 0.2) is 30.3 Å². The summed E-state index contributed by atoms with van der Waals surface area (Å²) in [6.07, 6.45) is 1.38. The van der Waals surface area contributed by atoms with Gasteiger partial charge in [-0.1, -0.05) is 18.2 Å². The van der Waals surface area contributed by atoms with Gasteiger partial charge in [-0.05, 0) is 37.3 Å². The second-order valence-corrected chi connectivity index (χ2v) is 5.89. The third-order valence-electron chi connectivity index (χ3n) is 3.05. The summed E-state index contributed by atoms with van der Waals surface area (Å²) in [6.45, 7) is 1.90. The van der Waals surface area contributed by atoms with Gasteiger partial charge in [-0.25, -0.2) is 0 Å². The molecular weight excluding hydrogens is 274 g/mol. The van der Waals surface area contributed by atoms with Crippen LogP contribution in [0.25, 0.3) is 10.1 Å². The minimum absolute atomic E-state index is 0.0212. The lowest BCUT2D eigenvalue weighted by Crippen LogP contribution is -2.32. The second kappa shape index (κ2) is 6.52. The maximum absolute atomic E-state index is 12.1. The first kappa shape index (κ1) is 14.5. The molecule has 20 heavy (non-hydrogen) atoms. The lowest BCUT2D eigenvalue weighted by atomic mass is 10.1. The minimum Gasteiger partial charge on any atom is -0.481 e. The quantitative estimate of drug-likeness (QED) is 0.858. The first-order chi connectivity index (χ1) is 9.56. The zero-order chi connectivity index (χ0) is 14.5. The molecule has 0 aliphatic rings. The van der Waals surface area contributed by atoms with Crippen LogP contribution in [0.5, 0.6) is 0 Å². The number of carboxylic acid groups (broad SMARTS) is 1. The Morgan fingerprint density at radius 1 is 1.35 bits per heavy atom. The van der Waals surface area contributed by atoms with Crippen LogP contribution in [0.1, 0.15) is 35.9 Å². The molecule has 0 fully saturated rings. The van der Waals surface area contributed by atoms with E-state index >= 15 is 0 Å². The number of hydrogen-bond acceptors (Lipinski definition) is 3. The van der Waals surface area contributed by atoms with Crippen LogP contribution in [0.4, 0.5) is 0 Å². The van der Waals surface area contributed by atoms with Gasteiger partial charge in [0.2, 0.25) is 0 Å². The molecule has 1 unspecified atom stereocenters. The van der Waals surface area contributed by atoms with Crippen LogP contribution in [0.3, 0.4) is 0 Å². The molecule has 5 heteroatoms. The highest BCUT2D eigenvalue weighted by molar-refractivity contribution is 7.20. The molecule has 1 heterocycles. The molecule has 2 N–H and O–H groups in total. The smallest absolute Gasteiger partial charge is 0.303 e. The zero-order valence-corrected chi connectivity index (χ0v) is 12.1. The average Bonchev–Trinajstić information content (AvgIpc) is 2.82. The van der Waals surface area contributed by atoms with Crippen LogP contribution >= 0.6 is 11.3 Å². The fourth-order valence-electron chi connectivity index (χ4n) is 2.02. The van der Waals surface area contributed by atoms with E-state index in [0.29, 0.717) is 17.7 Å². The maximum Gasteiger partial charge on any atom is 0.303 e. The van der Waals surface area contributed by atoms with Crippen molar-refractivity contribution in [2.45, 2.75) is 32.2 Å². The normalized spacial score (nSPS) is 12.2. The van der Waals surface area contributed by atoms with E-state index in [4.69, 9.17) is 5.11 Å². The van der Waals surface area contributed by atoms with E-state index in [-0.39, 0.29) is 18.4 Å². The number of amides is 1. The van der Waals surface area contributed by atoms with E-state index in [1.807, 2.05) is 37.3 Å². The van der Waals surface area contributed by atoms with Gasteiger partial charge in [0.25, 0.3) is 5.91 Å². The van der Waals surface area contributed by atoms with Gasteiger partial charge in [-0.3, -0.25) is 9.59 Å². The lowest BCUT2D eigenvalue weighted by Gasteiger charge is -2.12. The Labute approximate surface area is 121 Å². The summed E-state index contributed by atoms with van der Waals surface area (Å²) in [5, 5.41) is 12.6. The van der Waals surface area contributed by atoms with Crippen LogP contribution in [0.2, 0.25) is 0 Å². The standard InChI is InChI=1S/C15H17NO3S/c1-10(5-4-8-14(17)18)16-15(19)13-9-11-6-2-3-7-12(11)20-13/h2-3,6-7,9-10H,4-5,8H2,1H3,(H,16,19)(H,17,18). The van der Waals surface area contributed by atoms with Crippen molar-refractivity contribution in [3.8, 4) is 0 Å². The summed E-state index contributed by atoms with van der Waals surface area (Å²) in [6, 6.07) is 9.75. The number of rotatable bonds is 6. The second-order valence-electron chi connectivity index (χ2n) is 4.81. The molecule has 1 aromatic heterocycles. The molecule has 0 aliphatic carbocycles. The Hall–Kier alpha value is -1.88. The van der Waals surface area contributed by atoms with Crippen molar-refractivity contribution in [3.63, 3.8) is 0 Å². The number of benzene rings is 1. The Morgan fingerprint density at radius 2 is 2.10 bits per heavy atom. The van der Waals surface area contributed by atoms with E-state index in [1.165, 1.54) is 11.3 Å². The predicted molar refractivity (Wildman–Crippen MR) is 80.2 cm³/mol. The average molecular weight is 291 g/mol. The monoisotopic (exact) mass is 291 g/mol. The largest absolute Gasteiger partial charge is 0.481 e. The zero-order valence-electron chi connectivity index (χ0n) is 11.3. The first-order valence-corrected chi connectivity index (χ1v) is 7.39. The molecule has 2 aromatic rings. The van der Waals surface area contributed by atoms with Crippen LogP contribution < -0.4 is 5.32 Å². The summed E-state index contributed by atoms with van der Waals surface area (Å²) in [5.41, 5.74) is 0. The van der Waals surface area contributed by atoms with Crippen molar-refractivity contribution in [2.75, 3.05) is 0 Å². The topological polar surface area (TPSA) is 66.4 Å². The minimum atomic E-state index is -0.798. The first-order valence-electron chi connectivity index (χ1n) is 6.57. The third kappa shape index (κ3) is 3.81. The summed E-state index contributed by atoms with van der Waals surface area (Å²) >= 11 is 1.47. The Kier molecular flexibility index (Phi) is 4.74. The van der Waals surface area contributed by atoms with Crippen LogP contribution in [-0.4, -0.2) is 23.0 Å². The number of carboxylic acids is 1. The predicted octanol–water partition coefficient (Wildman–Crippen LogP) is 3.27. The summed E-state index contributed by atoms with van der Waals surface area (Å²) in [5.74, 6) is -0.887. The van der Waals surface area contributed by atoms with Gasteiger partial charge in [-0.2, -0.15) is 0 Å². The van der Waals surface area contributed by atoms with Crippen molar-refractivity contribution >= 4 is 33.3 Å². The Balaban J connectivity index is 1.92. The van der Waals surface area contributed by atoms with Gasteiger partial charge >= 0.3 is 5.97 Å². The molecule has 0 spiro atoms. The SMILES string of the molecule is CC(CCCC(=O)O)NC(=O)c1cc2ccccc2s1. The molecule has 0 aliphatic heterocycles. The molecular formula is C15H17NO3S. The van der Waals surface area contributed by atoms with Crippen molar-refractivity contribution in [1.82, 2.24) is 5.32 Å². The van der Waals surface area contributed by atoms with Gasteiger partial charge in [0, 0.05) is 17.2 Å². The fraction of sp³-hybridized carbons (Fsp3) is 0.333. The number of fused-ring (bicyclic) bond motifs is 1. The van der Waals surface area contributed by atoms with Gasteiger partial charge in [0.05, 0.1) is 4.88 Å². The number of nitrogens with one attached hydrogen (secondary N) is 1. The molecule has 2 rings (SSSR count). The highest BCUT2D eigenvalue weighted by Gasteiger charge is 2.13. The molecule has 106 valence electrons. The van der Waals surface area contributed by atoms with Gasteiger partial charge in [-0.15, -0.1) is 11.3 Å². The highest BCUT2D eigenvalue weighted by Crippen LogP contribution is 2.25. The Bertz CT molecular complexity index is 587. The number of thiophene rings is 1. The third-order valence-corrected chi connectivity index (χ3v) is 4.17. The molecule has 1 aromatic carbocycles. The molecule has 0 bridgehead atoms. The van der Waals surface area contributed by atoms with E-state index < -0.39 is 5.97 Å². The van der Waals surface area contributed by atoms with Gasteiger partial charge in [0.15, 0.2) is 0 Å². The lowest BCUT2D eigenvalue weighted by molar-refractivity contribution is -0.137. The van der Waals surface area contributed by atoms with Gasteiger partial charge < -0.3 is 10.4 Å². The highest BCUT2D eigenvalue weighted by atomic mass is 32.1.